The van der Waals surface area contributed by atoms with E-state index in [4.69, 9.17) is 25.5 Å². The fourth-order valence-electron chi connectivity index (χ4n) is 3.87. The molecule has 0 bridgehead atoms. The third-order valence-electron chi connectivity index (χ3n) is 5.46. The summed E-state index contributed by atoms with van der Waals surface area (Å²) in [4.78, 5) is 4.49. The highest BCUT2D eigenvalue weighted by atomic mass is 19.1. The zero-order valence-corrected chi connectivity index (χ0v) is 16.8. The van der Waals surface area contributed by atoms with Crippen LogP contribution in [0, 0.1) is 5.82 Å². The van der Waals surface area contributed by atoms with E-state index in [2.05, 4.69) is 15.2 Å². The van der Waals surface area contributed by atoms with Crippen molar-refractivity contribution < 1.29 is 18.4 Å². The molecule has 160 valence electrons. The normalized spacial score (nSPS) is 16.6. The monoisotopic (exact) mass is 424 g/mol. The van der Waals surface area contributed by atoms with Gasteiger partial charge in [-0.05, 0) is 25.3 Å². The van der Waals surface area contributed by atoms with Crippen LogP contribution in [0.5, 0.6) is 5.75 Å². The summed E-state index contributed by atoms with van der Waals surface area (Å²) < 4.78 is 33.1. The van der Waals surface area contributed by atoms with Gasteiger partial charge in [-0.15, -0.1) is 0 Å². The lowest BCUT2D eigenvalue weighted by molar-refractivity contribution is -0.0394. The molecule has 1 aromatic carbocycles. The van der Waals surface area contributed by atoms with Gasteiger partial charge in [-0.1, -0.05) is 5.16 Å². The summed E-state index contributed by atoms with van der Waals surface area (Å²) in [5, 5.41) is 8.73. The van der Waals surface area contributed by atoms with Crippen LogP contribution in [0.3, 0.4) is 0 Å². The number of halogens is 1. The summed E-state index contributed by atoms with van der Waals surface area (Å²) in [6, 6.07) is 2.67. The summed E-state index contributed by atoms with van der Waals surface area (Å²) in [5.74, 6) is -0.112. The van der Waals surface area contributed by atoms with Crippen LogP contribution in [0.2, 0.25) is 0 Å². The van der Waals surface area contributed by atoms with Crippen LogP contribution >= 0.6 is 0 Å². The molecule has 1 aliphatic heterocycles. The van der Waals surface area contributed by atoms with Crippen molar-refractivity contribution in [2.24, 2.45) is 0 Å². The van der Waals surface area contributed by atoms with Gasteiger partial charge in [0.2, 0.25) is 0 Å². The number of anilines is 2. The summed E-state index contributed by atoms with van der Waals surface area (Å²) in [7, 11) is 1.46. The maximum atomic E-state index is 14.8. The zero-order chi connectivity index (χ0) is 21.5. The molecular weight excluding hydrogens is 403 g/mol. The molecule has 9 nitrogen and oxygen atoms in total. The van der Waals surface area contributed by atoms with Gasteiger partial charge in [-0.25, -0.2) is 9.07 Å². The van der Waals surface area contributed by atoms with Gasteiger partial charge in [0.1, 0.15) is 17.8 Å². The van der Waals surface area contributed by atoms with E-state index in [1.165, 1.54) is 19.2 Å². The molecule has 0 spiro atoms. The number of ether oxygens (including phenoxy) is 2. The molecule has 4 aromatic rings. The third-order valence-corrected chi connectivity index (χ3v) is 5.46. The highest BCUT2D eigenvalue weighted by molar-refractivity contribution is 6.05. The Morgan fingerprint density at radius 1 is 1.19 bits per heavy atom. The minimum absolute atomic E-state index is 0.0960. The molecule has 4 heterocycles. The minimum Gasteiger partial charge on any atom is -0.495 e. The van der Waals surface area contributed by atoms with E-state index in [-0.39, 0.29) is 29.0 Å². The van der Waals surface area contributed by atoms with Crippen molar-refractivity contribution in [3.8, 4) is 28.1 Å². The van der Waals surface area contributed by atoms with E-state index in [0.717, 1.165) is 31.4 Å². The molecule has 31 heavy (non-hydrogen) atoms. The molecule has 1 atom stereocenters. The smallest absolute Gasteiger partial charge is 0.180 e. The first-order valence-corrected chi connectivity index (χ1v) is 9.90. The first kappa shape index (κ1) is 19.3. The second-order valence-corrected chi connectivity index (χ2v) is 7.40. The Balaban J connectivity index is 1.62. The number of nitrogens with two attached hydrogens (primary N) is 2. The molecule has 0 aliphatic carbocycles. The van der Waals surface area contributed by atoms with E-state index in [1.54, 1.807) is 17.1 Å². The lowest BCUT2D eigenvalue weighted by Gasteiger charge is -2.22. The van der Waals surface area contributed by atoms with Crippen LogP contribution in [0.25, 0.3) is 33.4 Å². The van der Waals surface area contributed by atoms with E-state index in [0.29, 0.717) is 22.3 Å². The quantitative estimate of drug-likeness (QED) is 0.474. The Labute approximate surface area is 176 Å². The van der Waals surface area contributed by atoms with E-state index in [1.807, 2.05) is 6.20 Å². The lowest BCUT2D eigenvalue weighted by Crippen LogP contribution is -2.18. The van der Waals surface area contributed by atoms with Gasteiger partial charge in [-0.2, -0.15) is 5.10 Å². The van der Waals surface area contributed by atoms with Crippen LogP contribution in [0.4, 0.5) is 15.9 Å². The lowest BCUT2D eigenvalue weighted by atomic mass is 10.0. The Hall–Kier alpha value is -3.66. The second kappa shape index (κ2) is 7.55. The number of nitrogens with zero attached hydrogens (tertiary/aromatic N) is 4. The summed E-state index contributed by atoms with van der Waals surface area (Å²) in [6.45, 7) is 0.718. The number of methoxy groups -OCH3 is 1. The molecule has 0 saturated carbocycles. The average Bonchev–Trinajstić information content (AvgIpc) is 3.42. The van der Waals surface area contributed by atoms with Crippen LogP contribution < -0.4 is 16.2 Å². The highest BCUT2D eigenvalue weighted by Crippen LogP contribution is 2.40. The number of aromatic nitrogens is 4. The minimum atomic E-state index is -0.553. The number of hydrogen-bond acceptors (Lipinski definition) is 8. The van der Waals surface area contributed by atoms with Crippen LogP contribution in [-0.2, 0) is 4.74 Å². The number of hydrogen-bond donors (Lipinski definition) is 2. The van der Waals surface area contributed by atoms with Gasteiger partial charge >= 0.3 is 0 Å². The molecule has 5 rings (SSSR count). The predicted octanol–water partition coefficient (Wildman–Crippen LogP) is 3.76. The van der Waals surface area contributed by atoms with Crippen LogP contribution in [-0.4, -0.2) is 33.6 Å². The van der Waals surface area contributed by atoms with Crippen molar-refractivity contribution in [3.63, 3.8) is 0 Å². The van der Waals surface area contributed by atoms with Crippen molar-refractivity contribution in [2.75, 3.05) is 25.2 Å². The van der Waals surface area contributed by atoms with E-state index >= 15 is 0 Å². The summed E-state index contributed by atoms with van der Waals surface area (Å²) in [6.07, 6.45) is 8.13. The fourth-order valence-corrected chi connectivity index (χ4v) is 3.87. The van der Waals surface area contributed by atoms with Gasteiger partial charge in [0, 0.05) is 41.8 Å². The van der Waals surface area contributed by atoms with Crippen molar-refractivity contribution in [1.82, 2.24) is 19.9 Å². The molecule has 10 heteroatoms. The number of benzene rings is 1. The number of pyridine rings is 1. The first-order valence-electron chi connectivity index (χ1n) is 9.90. The first-order chi connectivity index (χ1) is 15.1. The van der Waals surface area contributed by atoms with E-state index < -0.39 is 5.82 Å². The van der Waals surface area contributed by atoms with Gasteiger partial charge in [-0.3, -0.25) is 4.98 Å². The van der Waals surface area contributed by atoms with Gasteiger partial charge < -0.3 is 25.5 Å². The molecule has 1 fully saturated rings. The van der Waals surface area contributed by atoms with Crippen LogP contribution in [0.1, 0.15) is 25.5 Å². The topological polar surface area (TPSA) is 127 Å². The zero-order valence-electron chi connectivity index (χ0n) is 16.8. The SMILES string of the molecule is COc1cc(-c2ncc(-c3cnn(C4CCCCO4)c3)c3onc(N)c23)c(F)cc1N. The molecule has 1 aliphatic rings. The number of nitrogen functional groups attached to an aromatic ring is 2. The standard InChI is InChI=1S/C21H21FN6O3/c1-29-16-6-12(14(22)7-15(16)23)19-18-20(31-27-21(18)24)13(9-25-19)11-8-26-28(10-11)17-4-2-3-5-30-17/h6-10,17H,2-5,23H2,1H3,(H2,24,27). The fraction of sp³-hybridized carbons (Fsp3) is 0.286. The largest absolute Gasteiger partial charge is 0.495 e. The highest BCUT2D eigenvalue weighted by Gasteiger charge is 2.23. The molecule has 3 aromatic heterocycles. The maximum Gasteiger partial charge on any atom is 0.180 e. The van der Waals surface area contributed by atoms with Crippen molar-refractivity contribution in [1.29, 1.82) is 0 Å². The molecule has 1 saturated heterocycles. The summed E-state index contributed by atoms with van der Waals surface area (Å²) >= 11 is 0. The molecule has 1 unspecified atom stereocenters. The van der Waals surface area contributed by atoms with Crippen LogP contribution in [0.15, 0.2) is 35.2 Å². The third kappa shape index (κ3) is 3.25. The van der Waals surface area contributed by atoms with Gasteiger partial charge in [0.05, 0.1) is 30.1 Å². The maximum absolute atomic E-state index is 14.8. The van der Waals surface area contributed by atoms with Gasteiger partial charge in [0.25, 0.3) is 0 Å². The number of rotatable bonds is 4. The molecular formula is C21H21FN6O3. The Bertz CT molecular complexity index is 1260. The number of fused-ring (bicyclic) bond motifs is 1. The Kier molecular flexibility index (Phi) is 4.70. The van der Waals surface area contributed by atoms with Crippen molar-refractivity contribution in [2.45, 2.75) is 25.5 Å². The second-order valence-electron chi connectivity index (χ2n) is 7.40. The Morgan fingerprint density at radius 3 is 2.84 bits per heavy atom. The predicted molar refractivity (Wildman–Crippen MR) is 113 cm³/mol. The van der Waals surface area contributed by atoms with Crippen molar-refractivity contribution in [3.05, 3.63) is 36.5 Å². The van der Waals surface area contributed by atoms with Crippen molar-refractivity contribution >= 4 is 22.5 Å². The molecule has 4 N–H and O–H groups in total. The molecule has 0 radical (unpaired) electrons. The Morgan fingerprint density at radius 2 is 2.06 bits per heavy atom. The van der Waals surface area contributed by atoms with Gasteiger partial charge in [0.15, 0.2) is 11.4 Å². The van der Waals surface area contributed by atoms with E-state index in [9.17, 15) is 4.39 Å². The average molecular weight is 424 g/mol. The summed E-state index contributed by atoms with van der Waals surface area (Å²) in [5.41, 5.74) is 14.3. The molecule has 0 amide bonds.